The fraction of sp³-hybridized carbons (Fsp3) is 0.421. The van der Waals surface area contributed by atoms with Crippen molar-refractivity contribution in [1.29, 1.82) is 0 Å². The van der Waals surface area contributed by atoms with Crippen LogP contribution in [0, 0.1) is 0 Å². The van der Waals surface area contributed by atoms with Crippen LogP contribution in [0.1, 0.15) is 37.5 Å². The van der Waals surface area contributed by atoms with E-state index in [1.807, 2.05) is 24.4 Å². The average Bonchev–Trinajstić information content (AvgIpc) is 3.15. The van der Waals surface area contributed by atoms with Gasteiger partial charge in [-0.05, 0) is 55.0 Å². The highest BCUT2D eigenvalue weighted by Gasteiger charge is 2.32. The summed E-state index contributed by atoms with van der Waals surface area (Å²) in [4.78, 5) is 13.3. The Balaban J connectivity index is 1.69. The maximum absolute atomic E-state index is 12.9. The van der Waals surface area contributed by atoms with Crippen molar-refractivity contribution < 1.29 is 13.2 Å². The zero-order valence-corrected chi connectivity index (χ0v) is 16.5. The number of sulfonamides is 1. The zero-order chi connectivity index (χ0) is 18.6. The van der Waals surface area contributed by atoms with Crippen LogP contribution in [-0.2, 0) is 21.2 Å². The molecule has 0 unspecified atom stereocenters. The van der Waals surface area contributed by atoms with Crippen LogP contribution in [0.25, 0.3) is 0 Å². The summed E-state index contributed by atoms with van der Waals surface area (Å²) in [5.74, 6) is -0.106. The molecule has 1 aromatic heterocycles. The van der Waals surface area contributed by atoms with E-state index in [1.165, 1.54) is 0 Å². The molecular weight excluding hydrogens is 368 g/mol. The summed E-state index contributed by atoms with van der Waals surface area (Å²) in [6.45, 7) is 2.62. The normalized spacial score (nSPS) is 18.6. The molecule has 0 aliphatic carbocycles. The van der Waals surface area contributed by atoms with Crippen molar-refractivity contribution in [3.63, 3.8) is 0 Å². The lowest BCUT2D eigenvalue weighted by Gasteiger charge is -2.34. The van der Waals surface area contributed by atoms with Crippen LogP contribution in [-0.4, -0.2) is 31.2 Å². The molecule has 0 saturated carbocycles. The maximum Gasteiger partial charge on any atom is 0.243 e. The SMILES string of the molecule is CC[C@H]1CCCCN1S(=O)(=O)c1ccc(NC(=O)Cc2cccs2)cc1. The average molecular weight is 393 g/mol. The van der Waals surface area contributed by atoms with Gasteiger partial charge in [0.1, 0.15) is 0 Å². The van der Waals surface area contributed by atoms with Crippen LogP contribution in [0.5, 0.6) is 0 Å². The molecule has 0 bridgehead atoms. The second kappa shape index (κ2) is 8.33. The Morgan fingerprint density at radius 3 is 2.65 bits per heavy atom. The third kappa shape index (κ3) is 4.34. The molecule has 1 N–H and O–H groups in total. The van der Waals surface area contributed by atoms with E-state index in [1.54, 1.807) is 39.9 Å². The van der Waals surface area contributed by atoms with Gasteiger partial charge in [0, 0.05) is 23.2 Å². The van der Waals surface area contributed by atoms with Gasteiger partial charge in [0.15, 0.2) is 0 Å². The monoisotopic (exact) mass is 392 g/mol. The van der Waals surface area contributed by atoms with Gasteiger partial charge >= 0.3 is 0 Å². The number of carbonyl (C=O) groups excluding carboxylic acids is 1. The van der Waals surface area contributed by atoms with Gasteiger partial charge in [-0.25, -0.2) is 8.42 Å². The summed E-state index contributed by atoms with van der Waals surface area (Å²) < 4.78 is 27.5. The number of hydrogen-bond acceptors (Lipinski definition) is 4. The minimum atomic E-state index is -3.49. The summed E-state index contributed by atoms with van der Waals surface area (Å²) in [5, 5.41) is 4.75. The maximum atomic E-state index is 12.9. The molecule has 5 nitrogen and oxygen atoms in total. The van der Waals surface area contributed by atoms with Crippen molar-refractivity contribution in [3.05, 3.63) is 46.7 Å². The number of anilines is 1. The summed E-state index contributed by atoms with van der Waals surface area (Å²) in [5.41, 5.74) is 0.608. The van der Waals surface area contributed by atoms with E-state index >= 15 is 0 Å². The Morgan fingerprint density at radius 1 is 1.23 bits per heavy atom. The number of nitrogens with zero attached hydrogens (tertiary/aromatic N) is 1. The summed E-state index contributed by atoms with van der Waals surface area (Å²) >= 11 is 1.54. The van der Waals surface area contributed by atoms with Crippen molar-refractivity contribution >= 4 is 33.0 Å². The largest absolute Gasteiger partial charge is 0.326 e. The summed E-state index contributed by atoms with van der Waals surface area (Å²) in [7, 11) is -3.49. The molecule has 140 valence electrons. The molecule has 26 heavy (non-hydrogen) atoms. The van der Waals surface area contributed by atoms with E-state index in [2.05, 4.69) is 5.32 Å². The highest BCUT2D eigenvalue weighted by Crippen LogP contribution is 2.27. The first-order chi connectivity index (χ1) is 12.5. The Morgan fingerprint density at radius 2 is 2.00 bits per heavy atom. The number of hydrogen-bond donors (Lipinski definition) is 1. The van der Waals surface area contributed by atoms with Gasteiger partial charge in [-0.2, -0.15) is 4.31 Å². The van der Waals surface area contributed by atoms with Gasteiger partial charge in [-0.15, -0.1) is 11.3 Å². The molecule has 1 fully saturated rings. The smallest absolute Gasteiger partial charge is 0.243 e. The Bertz CT molecular complexity index is 830. The third-order valence-electron chi connectivity index (χ3n) is 4.70. The van der Waals surface area contributed by atoms with Gasteiger partial charge in [0.25, 0.3) is 0 Å². The summed E-state index contributed by atoms with van der Waals surface area (Å²) in [6, 6.07) is 10.4. The van der Waals surface area contributed by atoms with Gasteiger partial charge in [-0.3, -0.25) is 4.79 Å². The summed E-state index contributed by atoms with van der Waals surface area (Å²) in [6.07, 6.45) is 4.07. The van der Waals surface area contributed by atoms with E-state index in [0.29, 0.717) is 18.7 Å². The molecule has 3 rings (SSSR count). The van der Waals surface area contributed by atoms with Crippen LogP contribution in [0.4, 0.5) is 5.69 Å². The Labute approximate surface area is 159 Å². The number of nitrogens with one attached hydrogen (secondary N) is 1. The van der Waals surface area contributed by atoms with Gasteiger partial charge < -0.3 is 5.32 Å². The minimum absolute atomic E-state index is 0.0823. The molecular formula is C19H24N2O3S2. The molecule has 0 radical (unpaired) electrons. The van der Waals surface area contributed by atoms with Crippen LogP contribution >= 0.6 is 11.3 Å². The van der Waals surface area contributed by atoms with E-state index in [-0.39, 0.29) is 16.8 Å². The second-order valence-corrected chi connectivity index (χ2v) is 9.43. The fourth-order valence-corrected chi connectivity index (χ4v) is 5.79. The molecule has 7 heteroatoms. The third-order valence-corrected chi connectivity index (χ3v) is 7.55. The minimum Gasteiger partial charge on any atom is -0.326 e. The van der Waals surface area contributed by atoms with Gasteiger partial charge in [0.2, 0.25) is 15.9 Å². The van der Waals surface area contributed by atoms with E-state index in [9.17, 15) is 13.2 Å². The zero-order valence-electron chi connectivity index (χ0n) is 14.8. The number of amides is 1. The van der Waals surface area contributed by atoms with Crippen molar-refractivity contribution in [3.8, 4) is 0 Å². The lowest BCUT2D eigenvalue weighted by Crippen LogP contribution is -2.43. The first-order valence-corrected chi connectivity index (χ1v) is 11.3. The predicted molar refractivity (Wildman–Crippen MR) is 105 cm³/mol. The van der Waals surface area contributed by atoms with Crippen molar-refractivity contribution in [2.75, 3.05) is 11.9 Å². The van der Waals surface area contributed by atoms with E-state index in [4.69, 9.17) is 0 Å². The number of benzene rings is 1. The molecule has 1 aliphatic rings. The molecule has 2 heterocycles. The van der Waals surface area contributed by atoms with E-state index in [0.717, 1.165) is 30.6 Å². The standard InChI is InChI=1S/C19H24N2O3S2/c1-2-16-6-3-4-12-21(16)26(23,24)18-10-8-15(9-11-18)20-19(22)14-17-7-5-13-25-17/h5,7-11,13,16H,2-4,6,12,14H2,1H3,(H,20,22)/t16-/m0/s1. The second-order valence-electron chi connectivity index (χ2n) is 6.50. The van der Waals surface area contributed by atoms with Crippen molar-refractivity contribution in [2.45, 2.75) is 50.0 Å². The fourth-order valence-electron chi connectivity index (χ4n) is 3.32. The van der Waals surface area contributed by atoms with Crippen molar-refractivity contribution in [1.82, 2.24) is 4.31 Å². The molecule has 1 aliphatic heterocycles. The molecule has 1 atom stereocenters. The topological polar surface area (TPSA) is 66.5 Å². The van der Waals surface area contributed by atoms with Gasteiger partial charge in [-0.1, -0.05) is 19.4 Å². The quantitative estimate of drug-likeness (QED) is 0.811. The Kier molecular flexibility index (Phi) is 6.11. The van der Waals surface area contributed by atoms with Gasteiger partial charge in [0.05, 0.1) is 11.3 Å². The number of piperidine rings is 1. The predicted octanol–water partition coefficient (Wildman–Crippen LogP) is 3.88. The highest BCUT2D eigenvalue weighted by molar-refractivity contribution is 7.89. The van der Waals surface area contributed by atoms with Crippen LogP contribution in [0.15, 0.2) is 46.7 Å². The first kappa shape index (κ1) is 19.1. The van der Waals surface area contributed by atoms with E-state index < -0.39 is 10.0 Å². The van der Waals surface area contributed by atoms with Crippen LogP contribution in [0.2, 0.25) is 0 Å². The number of carbonyl (C=O) groups is 1. The molecule has 1 amide bonds. The van der Waals surface area contributed by atoms with Crippen LogP contribution < -0.4 is 5.32 Å². The number of thiophene rings is 1. The molecule has 0 spiro atoms. The highest BCUT2D eigenvalue weighted by atomic mass is 32.2. The molecule has 1 aromatic carbocycles. The lowest BCUT2D eigenvalue weighted by molar-refractivity contribution is -0.115. The first-order valence-electron chi connectivity index (χ1n) is 8.95. The number of rotatable bonds is 6. The van der Waals surface area contributed by atoms with Crippen LogP contribution in [0.3, 0.4) is 0 Å². The molecule has 1 saturated heterocycles. The van der Waals surface area contributed by atoms with Crippen molar-refractivity contribution in [2.24, 2.45) is 0 Å². The Hall–Kier alpha value is -1.70. The lowest BCUT2D eigenvalue weighted by atomic mass is 10.0. The molecule has 2 aromatic rings.